The van der Waals surface area contributed by atoms with Crippen molar-refractivity contribution in [2.24, 2.45) is 0 Å². The van der Waals surface area contributed by atoms with Gasteiger partial charge in [0.2, 0.25) is 17.7 Å². The highest BCUT2D eigenvalue weighted by Gasteiger charge is 2.52. The van der Waals surface area contributed by atoms with Crippen molar-refractivity contribution in [3.63, 3.8) is 0 Å². The molecule has 0 N–H and O–H groups in total. The van der Waals surface area contributed by atoms with Crippen LogP contribution in [0, 0.1) is 0 Å². The van der Waals surface area contributed by atoms with Crippen molar-refractivity contribution < 1.29 is 14.4 Å². The van der Waals surface area contributed by atoms with Crippen molar-refractivity contribution in [2.45, 2.75) is 24.8 Å². The monoisotopic (exact) mass is 478 g/mol. The maximum atomic E-state index is 13.4. The lowest BCUT2D eigenvalue weighted by molar-refractivity contribution is -0.141. The van der Waals surface area contributed by atoms with Gasteiger partial charge in [0.05, 0.1) is 16.4 Å². The van der Waals surface area contributed by atoms with Crippen LogP contribution >= 0.6 is 0 Å². The van der Waals surface area contributed by atoms with E-state index in [-0.39, 0.29) is 30.6 Å². The average molecular weight is 479 g/mol. The predicted molar refractivity (Wildman–Crippen MR) is 137 cm³/mol. The standard InChI is InChI=1S/C29H26N4O3/c1-32(19-20-8-13-24-25(16-20)31-15-14-30-24)26(34)17-29(18-27(35)33(2)28(29)36)23-11-9-22(10-12-23)21-6-4-3-5-7-21/h3-16H,17-19H2,1-2H3/t29-/m1/s1. The molecule has 1 aliphatic heterocycles. The quantitative estimate of drug-likeness (QED) is 0.392. The van der Waals surface area contributed by atoms with Crippen LogP contribution < -0.4 is 0 Å². The Labute approximate surface area is 209 Å². The first-order valence-electron chi connectivity index (χ1n) is 11.8. The number of nitrogens with zero attached hydrogens (tertiary/aromatic N) is 4. The smallest absolute Gasteiger partial charge is 0.240 e. The molecule has 0 unspecified atom stereocenters. The largest absolute Gasteiger partial charge is 0.341 e. The van der Waals surface area contributed by atoms with Crippen molar-refractivity contribution in [1.82, 2.24) is 19.8 Å². The molecule has 0 spiro atoms. The number of carbonyl (C=O) groups is 3. The number of hydrogen-bond acceptors (Lipinski definition) is 5. The van der Waals surface area contributed by atoms with Gasteiger partial charge in [-0.05, 0) is 34.4 Å². The maximum absolute atomic E-state index is 13.4. The Morgan fingerprint density at radius 3 is 2.25 bits per heavy atom. The minimum atomic E-state index is -1.22. The van der Waals surface area contributed by atoms with Gasteiger partial charge in [0.25, 0.3) is 0 Å². The zero-order chi connectivity index (χ0) is 25.3. The third-order valence-electron chi connectivity index (χ3n) is 6.92. The predicted octanol–water partition coefficient (Wildman–Crippen LogP) is 3.97. The van der Waals surface area contributed by atoms with Crippen LogP contribution in [0.1, 0.15) is 24.0 Å². The van der Waals surface area contributed by atoms with E-state index in [2.05, 4.69) is 9.97 Å². The molecule has 3 amide bonds. The topological polar surface area (TPSA) is 83.5 Å². The highest BCUT2D eigenvalue weighted by Crippen LogP contribution is 2.40. The molecule has 180 valence electrons. The molecule has 2 heterocycles. The van der Waals surface area contributed by atoms with Crippen LogP contribution in [0.3, 0.4) is 0 Å². The summed E-state index contributed by atoms with van der Waals surface area (Å²) in [7, 11) is 3.19. The van der Waals surface area contributed by atoms with E-state index in [1.54, 1.807) is 24.3 Å². The number of carbonyl (C=O) groups excluding carboxylic acids is 3. The van der Waals surface area contributed by atoms with Crippen LogP contribution in [0.2, 0.25) is 0 Å². The van der Waals surface area contributed by atoms with Crippen molar-refractivity contribution in [3.05, 3.63) is 96.3 Å². The van der Waals surface area contributed by atoms with Gasteiger partial charge in [-0.3, -0.25) is 29.3 Å². The number of hydrogen-bond donors (Lipinski definition) is 0. The normalized spacial score (nSPS) is 17.6. The second kappa shape index (κ2) is 9.34. The summed E-state index contributed by atoms with van der Waals surface area (Å²) in [5.41, 5.74) is 3.96. The summed E-state index contributed by atoms with van der Waals surface area (Å²) < 4.78 is 0. The first-order chi connectivity index (χ1) is 17.4. The van der Waals surface area contributed by atoms with Gasteiger partial charge in [-0.2, -0.15) is 0 Å². The molecular weight excluding hydrogens is 452 g/mol. The molecule has 0 bridgehead atoms. The van der Waals surface area contributed by atoms with Gasteiger partial charge in [-0.25, -0.2) is 0 Å². The van der Waals surface area contributed by atoms with E-state index >= 15 is 0 Å². The molecule has 4 aromatic rings. The van der Waals surface area contributed by atoms with Crippen molar-refractivity contribution in [3.8, 4) is 11.1 Å². The fraction of sp³-hybridized carbons (Fsp3) is 0.207. The van der Waals surface area contributed by atoms with Gasteiger partial charge >= 0.3 is 0 Å². The molecular formula is C29H26N4O3. The number of likely N-dealkylation sites (tertiary alicyclic amines) is 1. The van der Waals surface area contributed by atoms with E-state index in [9.17, 15) is 14.4 Å². The molecule has 1 aliphatic rings. The molecule has 0 radical (unpaired) electrons. The third-order valence-corrected chi connectivity index (χ3v) is 6.92. The fourth-order valence-corrected chi connectivity index (χ4v) is 4.83. The van der Waals surface area contributed by atoms with Crippen LogP contribution in [0.15, 0.2) is 85.2 Å². The Bertz CT molecular complexity index is 1450. The molecule has 1 saturated heterocycles. The molecule has 3 aromatic carbocycles. The summed E-state index contributed by atoms with van der Waals surface area (Å²) in [4.78, 5) is 50.7. The van der Waals surface area contributed by atoms with E-state index in [1.807, 2.05) is 72.8 Å². The van der Waals surface area contributed by atoms with Gasteiger partial charge < -0.3 is 4.90 Å². The van der Waals surface area contributed by atoms with E-state index in [0.29, 0.717) is 12.1 Å². The second-order valence-corrected chi connectivity index (χ2v) is 9.27. The second-order valence-electron chi connectivity index (χ2n) is 9.27. The molecule has 1 fully saturated rings. The van der Waals surface area contributed by atoms with Crippen LogP contribution in [0.25, 0.3) is 22.2 Å². The number of imide groups is 1. The minimum Gasteiger partial charge on any atom is -0.341 e. The summed E-state index contributed by atoms with van der Waals surface area (Å²) in [5, 5.41) is 0. The molecule has 5 rings (SSSR count). The van der Waals surface area contributed by atoms with Gasteiger partial charge in [0, 0.05) is 45.9 Å². The van der Waals surface area contributed by atoms with Crippen LogP contribution in [-0.2, 0) is 26.3 Å². The molecule has 1 atom stereocenters. The Kier molecular flexibility index (Phi) is 6.06. The highest BCUT2D eigenvalue weighted by molar-refractivity contribution is 6.10. The zero-order valence-corrected chi connectivity index (χ0v) is 20.2. The van der Waals surface area contributed by atoms with Crippen LogP contribution in [-0.4, -0.2) is 51.6 Å². The highest BCUT2D eigenvalue weighted by atomic mass is 16.2. The van der Waals surface area contributed by atoms with Crippen molar-refractivity contribution >= 4 is 28.8 Å². The number of fused-ring (bicyclic) bond motifs is 1. The van der Waals surface area contributed by atoms with E-state index in [0.717, 1.165) is 32.6 Å². The van der Waals surface area contributed by atoms with E-state index < -0.39 is 5.41 Å². The minimum absolute atomic E-state index is 0.0296. The average Bonchev–Trinajstić information content (AvgIpc) is 3.13. The number of aromatic nitrogens is 2. The third kappa shape index (κ3) is 4.24. The summed E-state index contributed by atoms with van der Waals surface area (Å²) in [6.45, 7) is 0.354. The van der Waals surface area contributed by atoms with Gasteiger partial charge in [0.1, 0.15) is 0 Å². The number of likely N-dealkylation sites (N-methyl/N-ethyl adjacent to an activating group) is 1. The molecule has 0 aliphatic carbocycles. The summed E-state index contributed by atoms with van der Waals surface area (Å²) in [6, 6.07) is 23.2. The number of rotatable bonds is 6. The number of benzene rings is 3. The Balaban J connectivity index is 1.41. The van der Waals surface area contributed by atoms with Crippen LogP contribution in [0.4, 0.5) is 0 Å². The maximum Gasteiger partial charge on any atom is 0.240 e. The number of amides is 3. The van der Waals surface area contributed by atoms with Gasteiger partial charge in [-0.15, -0.1) is 0 Å². The van der Waals surface area contributed by atoms with Gasteiger partial charge in [0.15, 0.2) is 0 Å². The summed E-state index contributed by atoms with van der Waals surface area (Å²) in [5.74, 6) is -0.837. The van der Waals surface area contributed by atoms with Gasteiger partial charge in [-0.1, -0.05) is 60.7 Å². The molecule has 1 aromatic heterocycles. The molecule has 36 heavy (non-hydrogen) atoms. The lowest BCUT2D eigenvalue weighted by atomic mass is 9.75. The lowest BCUT2D eigenvalue weighted by Gasteiger charge is -2.29. The summed E-state index contributed by atoms with van der Waals surface area (Å²) >= 11 is 0. The SMILES string of the molecule is CN(Cc1ccc2nccnc2c1)C(=O)C[C@]1(c2ccc(-c3ccccc3)cc2)CC(=O)N(C)C1=O. The fourth-order valence-electron chi connectivity index (χ4n) is 4.83. The van der Waals surface area contributed by atoms with E-state index in [1.165, 1.54) is 7.05 Å². The molecule has 7 heteroatoms. The Morgan fingerprint density at radius 2 is 1.58 bits per heavy atom. The van der Waals surface area contributed by atoms with Crippen molar-refractivity contribution in [2.75, 3.05) is 14.1 Å². The van der Waals surface area contributed by atoms with E-state index in [4.69, 9.17) is 0 Å². The Morgan fingerprint density at radius 1 is 0.917 bits per heavy atom. The summed E-state index contributed by atoms with van der Waals surface area (Å²) in [6.07, 6.45) is 3.15. The Hall–Kier alpha value is -4.39. The first kappa shape index (κ1) is 23.4. The lowest BCUT2D eigenvalue weighted by Crippen LogP contribution is -2.41. The zero-order valence-electron chi connectivity index (χ0n) is 20.2. The molecule has 7 nitrogen and oxygen atoms in total. The van der Waals surface area contributed by atoms with Crippen LogP contribution in [0.5, 0.6) is 0 Å². The molecule has 0 saturated carbocycles. The first-order valence-corrected chi connectivity index (χ1v) is 11.8. The van der Waals surface area contributed by atoms with Crippen molar-refractivity contribution in [1.29, 1.82) is 0 Å².